The molecule has 0 aliphatic carbocycles. The third-order valence-corrected chi connectivity index (χ3v) is 5.78. The topological polar surface area (TPSA) is 84.3 Å². The van der Waals surface area contributed by atoms with Gasteiger partial charge in [0.25, 0.3) is 0 Å². The van der Waals surface area contributed by atoms with Crippen molar-refractivity contribution in [2.45, 2.75) is 38.6 Å². The maximum atomic E-state index is 12.5. The van der Waals surface area contributed by atoms with Crippen LogP contribution in [0.5, 0.6) is 0 Å². The summed E-state index contributed by atoms with van der Waals surface area (Å²) in [4.78, 5) is 14.2. The number of carbonyl (C=O) groups is 1. The highest BCUT2D eigenvalue weighted by atomic mass is 32.2. The molecule has 142 valence electrons. The van der Waals surface area contributed by atoms with Crippen LogP contribution in [0.15, 0.2) is 41.4 Å². The molecule has 1 aromatic carbocycles. The lowest BCUT2D eigenvalue weighted by Crippen LogP contribution is -2.38. The van der Waals surface area contributed by atoms with Crippen molar-refractivity contribution in [2.75, 3.05) is 24.2 Å². The van der Waals surface area contributed by atoms with E-state index in [4.69, 9.17) is 0 Å². The van der Waals surface area contributed by atoms with Crippen LogP contribution in [0.4, 0.5) is 10.6 Å². The Kier molecular flexibility index (Phi) is 6.79. The fourth-order valence-corrected chi connectivity index (χ4v) is 3.76. The highest BCUT2D eigenvalue weighted by Crippen LogP contribution is 2.13. The van der Waals surface area contributed by atoms with Crippen LogP contribution in [0.1, 0.15) is 25.8 Å². The van der Waals surface area contributed by atoms with E-state index in [1.54, 1.807) is 41.2 Å². The molecule has 0 spiro atoms. The molecular weight excluding hydrogens is 352 g/mol. The number of aromatic nitrogens is 2. The van der Waals surface area contributed by atoms with Gasteiger partial charge in [-0.25, -0.2) is 17.9 Å². The molecule has 0 saturated heterocycles. The molecule has 0 aliphatic heterocycles. The third-order valence-electron chi connectivity index (χ3n) is 4.07. The van der Waals surface area contributed by atoms with Gasteiger partial charge in [0.2, 0.25) is 0 Å². The number of nitrogens with zero attached hydrogens (tertiary/aromatic N) is 3. The van der Waals surface area contributed by atoms with Crippen LogP contribution in [0.25, 0.3) is 0 Å². The number of benzene rings is 1. The van der Waals surface area contributed by atoms with Gasteiger partial charge in [-0.1, -0.05) is 24.6 Å². The Morgan fingerprint density at radius 3 is 2.50 bits per heavy atom. The number of anilines is 1. The molecule has 2 aromatic rings. The lowest BCUT2D eigenvalue weighted by atomic mass is 10.2. The molecule has 0 bridgehead atoms. The van der Waals surface area contributed by atoms with Gasteiger partial charge in [-0.15, -0.1) is 0 Å². The van der Waals surface area contributed by atoms with Crippen molar-refractivity contribution < 1.29 is 13.2 Å². The molecule has 26 heavy (non-hydrogen) atoms. The zero-order chi connectivity index (χ0) is 19.2. The molecule has 2 rings (SSSR count). The first-order chi connectivity index (χ1) is 12.4. The zero-order valence-corrected chi connectivity index (χ0v) is 16.3. The lowest BCUT2D eigenvalue weighted by Gasteiger charge is -2.21. The molecular formula is C18H26N4O3S. The van der Waals surface area contributed by atoms with Crippen LogP contribution >= 0.6 is 0 Å². The average molecular weight is 378 g/mol. The summed E-state index contributed by atoms with van der Waals surface area (Å²) >= 11 is 0. The quantitative estimate of drug-likeness (QED) is 0.765. The van der Waals surface area contributed by atoms with Crippen LogP contribution in [0.2, 0.25) is 0 Å². The number of aryl methyl sites for hydroxylation is 2. The summed E-state index contributed by atoms with van der Waals surface area (Å²) in [5.74, 6) is 0.489. The Bertz CT molecular complexity index is 828. The third kappa shape index (κ3) is 5.08. The van der Waals surface area contributed by atoms with Crippen LogP contribution < -0.4 is 5.32 Å². The number of nitrogens with one attached hydrogen (secondary N) is 1. The largest absolute Gasteiger partial charge is 0.324 e. The summed E-state index contributed by atoms with van der Waals surface area (Å²) < 4.78 is 26.7. The molecule has 7 nitrogen and oxygen atoms in total. The second kappa shape index (κ2) is 8.84. The standard InChI is InChI=1S/C18H26N4O3S/c1-4-12-22-17(10-11-19-22)20-18(23)21(5-2)13-14-26(24,25)16-8-6-15(3)7-9-16/h6-11H,4-5,12-14H2,1-3H3,(H,20,23). The van der Waals surface area contributed by atoms with Gasteiger partial charge in [-0.2, -0.15) is 5.10 Å². The molecule has 8 heteroatoms. The number of amides is 2. The first-order valence-corrected chi connectivity index (χ1v) is 10.4. The summed E-state index contributed by atoms with van der Waals surface area (Å²) in [5, 5.41) is 6.97. The van der Waals surface area contributed by atoms with E-state index in [1.807, 2.05) is 20.8 Å². The second-order valence-electron chi connectivity index (χ2n) is 6.08. The Morgan fingerprint density at radius 2 is 1.88 bits per heavy atom. The van der Waals surface area contributed by atoms with Crippen LogP contribution in [-0.4, -0.2) is 48.0 Å². The molecule has 0 atom stereocenters. The van der Waals surface area contributed by atoms with Crippen LogP contribution in [0, 0.1) is 6.92 Å². The van der Waals surface area contributed by atoms with E-state index in [-0.39, 0.29) is 23.2 Å². The molecule has 0 radical (unpaired) electrons. The van der Waals surface area contributed by atoms with Crippen LogP contribution in [0.3, 0.4) is 0 Å². The first-order valence-electron chi connectivity index (χ1n) is 8.74. The summed E-state index contributed by atoms with van der Waals surface area (Å²) in [6, 6.07) is 8.14. The van der Waals surface area contributed by atoms with Gasteiger partial charge in [-0.05, 0) is 32.4 Å². The molecule has 1 heterocycles. The predicted octanol–water partition coefficient (Wildman–Crippen LogP) is 2.93. The Labute approximate surface area is 154 Å². The van der Waals surface area contributed by atoms with Gasteiger partial charge >= 0.3 is 6.03 Å². The fraction of sp³-hybridized carbons (Fsp3) is 0.444. The van der Waals surface area contributed by atoms with E-state index >= 15 is 0 Å². The van der Waals surface area contributed by atoms with Gasteiger partial charge in [0.05, 0.1) is 16.8 Å². The van der Waals surface area contributed by atoms with Crippen molar-refractivity contribution in [1.29, 1.82) is 0 Å². The van der Waals surface area contributed by atoms with E-state index in [2.05, 4.69) is 10.4 Å². The summed E-state index contributed by atoms with van der Waals surface area (Å²) in [7, 11) is -3.43. The normalized spacial score (nSPS) is 11.3. The van der Waals surface area contributed by atoms with Crippen molar-refractivity contribution in [3.8, 4) is 0 Å². The molecule has 0 saturated carbocycles. The predicted molar refractivity (Wildman–Crippen MR) is 102 cm³/mol. The molecule has 0 fully saturated rings. The molecule has 0 unspecified atom stereocenters. The van der Waals surface area contributed by atoms with E-state index in [0.717, 1.165) is 12.0 Å². The highest BCUT2D eigenvalue weighted by molar-refractivity contribution is 7.91. The van der Waals surface area contributed by atoms with Gasteiger partial charge in [-0.3, -0.25) is 5.32 Å². The average Bonchev–Trinajstić information content (AvgIpc) is 3.03. The van der Waals surface area contributed by atoms with Gasteiger partial charge in [0, 0.05) is 25.7 Å². The molecule has 0 aliphatic rings. The van der Waals surface area contributed by atoms with Crippen molar-refractivity contribution in [2.24, 2.45) is 0 Å². The minimum atomic E-state index is -3.43. The van der Waals surface area contributed by atoms with Crippen molar-refractivity contribution in [3.05, 3.63) is 42.1 Å². The Balaban J connectivity index is 2.00. The molecule has 1 aromatic heterocycles. The number of rotatable bonds is 8. The van der Waals surface area contributed by atoms with E-state index in [0.29, 0.717) is 18.9 Å². The van der Waals surface area contributed by atoms with Gasteiger partial charge in [0.15, 0.2) is 9.84 Å². The minimum Gasteiger partial charge on any atom is -0.324 e. The van der Waals surface area contributed by atoms with Crippen molar-refractivity contribution in [1.82, 2.24) is 14.7 Å². The number of hydrogen-bond donors (Lipinski definition) is 1. The minimum absolute atomic E-state index is 0.120. The SMILES string of the molecule is CCCn1nccc1NC(=O)N(CC)CCS(=O)(=O)c1ccc(C)cc1. The summed E-state index contributed by atoms with van der Waals surface area (Å²) in [6.45, 7) is 7.00. The van der Waals surface area contributed by atoms with Crippen molar-refractivity contribution >= 4 is 21.7 Å². The maximum absolute atomic E-state index is 12.5. The zero-order valence-electron chi connectivity index (χ0n) is 15.5. The van der Waals surface area contributed by atoms with E-state index in [9.17, 15) is 13.2 Å². The van der Waals surface area contributed by atoms with Crippen molar-refractivity contribution in [3.63, 3.8) is 0 Å². The second-order valence-corrected chi connectivity index (χ2v) is 8.19. The highest BCUT2D eigenvalue weighted by Gasteiger charge is 2.19. The number of urea groups is 1. The van der Waals surface area contributed by atoms with Crippen LogP contribution in [-0.2, 0) is 16.4 Å². The Hall–Kier alpha value is -2.35. The number of carbonyl (C=O) groups excluding carboxylic acids is 1. The first kappa shape index (κ1) is 20.0. The van der Waals surface area contributed by atoms with Gasteiger partial charge in [0.1, 0.15) is 5.82 Å². The summed E-state index contributed by atoms with van der Waals surface area (Å²) in [6.07, 6.45) is 2.53. The molecule has 2 amide bonds. The van der Waals surface area contributed by atoms with E-state index in [1.165, 1.54) is 4.90 Å². The number of sulfone groups is 1. The fourth-order valence-electron chi connectivity index (χ4n) is 2.51. The lowest BCUT2D eigenvalue weighted by molar-refractivity contribution is 0.217. The summed E-state index contributed by atoms with van der Waals surface area (Å²) in [5.41, 5.74) is 1.00. The monoisotopic (exact) mass is 378 g/mol. The molecule has 1 N–H and O–H groups in total. The maximum Gasteiger partial charge on any atom is 0.323 e. The smallest absolute Gasteiger partial charge is 0.323 e. The van der Waals surface area contributed by atoms with Gasteiger partial charge < -0.3 is 4.90 Å². The number of hydrogen-bond acceptors (Lipinski definition) is 4. The Morgan fingerprint density at radius 1 is 1.19 bits per heavy atom. The van der Waals surface area contributed by atoms with E-state index < -0.39 is 9.84 Å².